The molecule has 1 rings (SSSR count). The standard InChI is InChI=1S/C8H6BrCl2NO/c9-3-8(13)4-1-7(12)6(11)2-5(4)10/h1-2H,3,12H2. The van der Waals surface area contributed by atoms with Crippen LogP contribution in [0.4, 0.5) is 5.69 Å². The third-order valence-electron chi connectivity index (χ3n) is 1.51. The van der Waals surface area contributed by atoms with Crippen molar-refractivity contribution in [2.75, 3.05) is 11.1 Å². The van der Waals surface area contributed by atoms with Crippen LogP contribution in [0.15, 0.2) is 12.1 Å². The van der Waals surface area contributed by atoms with Crippen LogP contribution < -0.4 is 5.73 Å². The second-order valence-corrected chi connectivity index (χ2v) is 3.79. The predicted octanol–water partition coefficient (Wildman–Crippen LogP) is 3.15. The first-order valence-electron chi connectivity index (χ1n) is 3.40. The van der Waals surface area contributed by atoms with Gasteiger partial charge < -0.3 is 5.73 Å². The predicted molar refractivity (Wildman–Crippen MR) is 59.0 cm³/mol. The summed E-state index contributed by atoms with van der Waals surface area (Å²) in [7, 11) is 0. The summed E-state index contributed by atoms with van der Waals surface area (Å²) in [5, 5.41) is 0.896. The van der Waals surface area contributed by atoms with Gasteiger partial charge in [-0.25, -0.2) is 0 Å². The number of alkyl halides is 1. The van der Waals surface area contributed by atoms with E-state index in [4.69, 9.17) is 28.9 Å². The first kappa shape index (κ1) is 10.8. The number of nitrogen functional groups attached to an aromatic ring is 1. The molecule has 1 aromatic rings. The molecule has 0 radical (unpaired) electrons. The van der Waals surface area contributed by atoms with Gasteiger partial charge >= 0.3 is 0 Å². The van der Waals surface area contributed by atoms with Crippen molar-refractivity contribution in [3.63, 3.8) is 0 Å². The number of nitrogens with two attached hydrogens (primary N) is 1. The minimum atomic E-state index is -0.117. The molecule has 13 heavy (non-hydrogen) atoms. The third-order valence-corrected chi connectivity index (χ3v) is 2.66. The first-order valence-corrected chi connectivity index (χ1v) is 5.27. The van der Waals surface area contributed by atoms with Gasteiger partial charge in [0.2, 0.25) is 0 Å². The average molecular weight is 283 g/mol. The molecule has 0 unspecified atom stereocenters. The Labute approximate surface area is 94.1 Å². The SMILES string of the molecule is Nc1cc(C(=O)CBr)c(Cl)cc1Cl. The summed E-state index contributed by atoms with van der Waals surface area (Å²) in [5.41, 5.74) is 6.27. The van der Waals surface area contributed by atoms with Gasteiger partial charge in [0, 0.05) is 5.56 Å². The van der Waals surface area contributed by atoms with Crippen LogP contribution in [0.3, 0.4) is 0 Å². The third kappa shape index (κ3) is 2.36. The number of ketones is 1. The molecule has 2 nitrogen and oxygen atoms in total. The van der Waals surface area contributed by atoms with Crippen molar-refractivity contribution in [3.8, 4) is 0 Å². The van der Waals surface area contributed by atoms with Crippen molar-refractivity contribution in [1.29, 1.82) is 0 Å². The number of hydrogen-bond donors (Lipinski definition) is 1. The van der Waals surface area contributed by atoms with Crippen LogP contribution >= 0.6 is 39.1 Å². The smallest absolute Gasteiger partial charge is 0.174 e. The van der Waals surface area contributed by atoms with Crippen LogP contribution in [-0.2, 0) is 0 Å². The number of carbonyl (C=O) groups excluding carboxylic acids is 1. The van der Waals surface area contributed by atoms with E-state index in [1.807, 2.05) is 0 Å². The molecule has 70 valence electrons. The summed E-state index contributed by atoms with van der Waals surface area (Å²) in [6.07, 6.45) is 0. The monoisotopic (exact) mass is 281 g/mol. The summed E-state index contributed by atoms with van der Waals surface area (Å²) in [6.45, 7) is 0. The maximum atomic E-state index is 11.3. The fourth-order valence-electron chi connectivity index (χ4n) is 0.851. The highest BCUT2D eigenvalue weighted by atomic mass is 79.9. The number of carbonyl (C=O) groups is 1. The molecule has 0 heterocycles. The molecule has 0 aliphatic heterocycles. The molecule has 1 aromatic carbocycles. The van der Waals surface area contributed by atoms with E-state index in [2.05, 4.69) is 15.9 Å². The van der Waals surface area contributed by atoms with Crippen molar-refractivity contribution < 1.29 is 4.79 Å². The number of Topliss-reactive ketones (excluding diaryl/α,β-unsaturated/α-hetero) is 1. The Balaban J connectivity index is 3.23. The van der Waals surface area contributed by atoms with Gasteiger partial charge in [0.05, 0.1) is 21.1 Å². The number of rotatable bonds is 2. The zero-order valence-electron chi connectivity index (χ0n) is 6.48. The minimum Gasteiger partial charge on any atom is -0.398 e. The van der Waals surface area contributed by atoms with Crippen LogP contribution in [0.1, 0.15) is 10.4 Å². The molecule has 0 fully saturated rings. The lowest BCUT2D eigenvalue weighted by molar-refractivity contribution is 0.102. The molecule has 0 saturated heterocycles. The molecule has 0 bridgehead atoms. The molecule has 0 spiro atoms. The van der Waals surface area contributed by atoms with Gasteiger partial charge in [0.25, 0.3) is 0 Å². The van der Waals surface area contributed by atoms with E-state index < -0.39 is 0 Å². The maximum Gasteiger partial charge on any atom is 0.174 e. The van der Waals surface area contributed by atoms with Crippen molar-refractivity contribution in [2.45, 2.75) is 0 Å². The summed E-state index contributed by atoms with van der Waals surface area (Å²) in [6, 6.07) is 2.95. The lowest BCUT2D eigenvalue weighted by Crippen LogP contribution is -2.02. The summed E-state index contributed by atoms with van der Waals surface area (Å²) < 4.78 is 0. The highest BCUT2D eigenvalue weighted by Gasteiger charge is 2.11. The molecular weight excluding hydrogens is 277 g/mol. The average Bonchev–Trinajstić information content (AvgIpc) is 2.10. The Hall–Kier alpha value is -0.250. The lowest BCUT2D eigenvalue weighted by Gasteiger charge is -2.04. The zero-order valence-corrected chi connectivity index (χ0v) is 9.58. The van der Waals surface area contributed by atoms with Crippen LogP contribution in [0.5, 0.6) is 0 Å². The Morgan fingerprint density at radius 1 is 1.38 bits per heavy atom. The fourth-order valence-corrected chi connectivity index (χ4v) is 1.64. The molecular formula is C8H6BrCl2NO. The molecule has 0 amide bonds. The molecule has 5 heteroatoms. The van der Waals surface area contributed by atoms with E-state index in [1.165, 1.54) is 12.1 Å². The van der Waals surface area contributed by atoms with Crippen LogP contribution in [-0.4, -0.2) is 11.1 Å². The van der Waals surface area contributed by atoms with Gasteiger partial charge in [-0.05, 0) is 12.1 Å². The number of hydrogen-bond acceptors (Lipinski definition) is 2. The van der Waals surface area contributed by atoms with Crippen molar-refractivity contribution in [1.82, 2.24) is 0 Å². The van der Waals surface area contributed by atoms with Gasteiger partial charge in [0.15, 0.2) is 5.78 Å². The van der Waals surface area contributed by atoms with E-state index in [-0.39, 0.29) is 11.1 Å². The number of benzene rings is 1. The fraction of sp³-hybridized carbons (Fsp3) is 0.125. The highest BCUT2D eigenvalue weighted by Crippen LogP contribution is 2.27. The molecule has 0 atom stereocenters. The van der Waals surface area contributed by atoms with E-state index in [9.17, 15) is 4.79 Å². The number of halogens is 3. The van der Waals surface area contributed by atoms with E-state index in [1.54, 1.807) is 0 Å². The normalized spacial score (nSPS) is 10.1. The van der Waals surface area contributed by atoms with Gasteiger partial charge in [0.1, 0.15) is 0 Å². The Kier molecular flexibility index (Phi) is 3.59. The number of anilines is 1. The van der Waals surface area contributed by atoms with E-state index >= 15 is 0 Å². The van der Waals surface area contributed by atoms with Crippen LogP contribution in [0, 0.1) is 0 Å². The van der Waals surface area contributed by atoms with E-state index in [0.717, 1.165) is 0 Å². The minimum absolute atomic E-state index is 0.117. The Morgan fingerprint density at radius 2 is 2.00 bits per heavy atom. The molecule has 0 aliphatic rings. The lowest BCUT2D eigenvalue weighted by atomic mass is 10.1. The largest absolute Gasteiger partial charge is 0.398 e. The van der Waals surface area contributed by atoms with Crippen molar-refractivity contribution >= 4 is 50.6 Å². The molecule has 2 N–H and O–H groups in total. The second-order valence-electron chi connectivity index (χ2n) is 2.41. The first-order chi connectivity index (χ1) is 6.06. The second kappa shape index (κ2) is 4.31. The summed E-state index contributed by atoms with van der Waals surface area (Å²) in [4.78, 5) is 11.3. The van der Waals surface area contributed by atoms with Gasteiger partial charge in [-0.1, -0.05) is 39.1 Å². The molecule has 0 saturated carbocycles. The Morgan fingerprint density at radius 3 is 2.54 bits per heavy atom. The van der Waals surface area contributed by atoms with Gasteiger partial charge in [-0.2, -0.15) is 0 Å². The maximum absolute atomic E-state index is 11.3. The Bertz CT molecular complexity index is 354. The molecule has 0 aromatic heterocycles. The summed E-state index contributed by atoms with van der Waals surface area (Å²) in [5.74, 6) is -0.117. The van der Waals surface area contributed by atoms with Gasteiger partial charge in [-0.3, -0.25) is 4.79 Å². The van der Waals surface area contributed by atoms with Crippen LogP contribution in [0.25, 0.3) is 0 Å². The quantitative estimate of drug-likeness (QED) is 0.514. The van der Waals surface area contributed by atoms with E-state index in [0.29, 0.717) is 21.3 Å². The van der Waals surface area contributed by atoms with Crippen molar-refractivity contribution in [3.05, 3.63) is 27.7 Å². The van der Waals surface area contributed by atoms with Crippen molar-refractivity contribution in [2.24, 2.45) is 0 Å². The summed E-state index contributed by atoms with van der Waals surface area (Å²) >= 11 is 14.5. The highest BCUT2D eigenvalue weighted by molar-refractivity contribution is 9.09. The topological polar surface area (TPSA) is 43.1 Å². The molecule has 0 aliphatic carbocycles. The van der Waals surface area contributed by atoms with Crippen LogP contribution in [0.2, 0.25) is 10.0 Å². The zero-order chi connectivity index (χ0) is 10.0. The van der Waals surface area contributed by atoms with Gasteiger partial charge in [-0.15, -0.1) is 0 Å².